The van der Waals surface area contributed by atoms with Gasteiger partial charge in [0.2, 0.25) is 0 Å². The Morgan fingerprint density at radius 3 is 2.72 bits per heavy atom. The van der Waals surface area contributed by atoms with Crippen LogP contribution in [0, 0.1) is 6.92 Å². The van der Waals surface area contributed by atoms with Gasteiger partial charge in [-0.2, -0.15) is 0 Å². The van der Waals surface area contributed by atoms with Crippen molar-refractivity contribution >= 4 is 34.3 Å². The summed E-state index contributed by atoms with van der Waals surface area (Å²) in [6.45, 7) is 4.91. The van der Waals surface area contributed by atoms with Crippen molar-refractivity contribution in [3.05, 3.63) is 58.9 Å². The molecule has 128 valence electrons. The highest BCUT2D eigenvalue weighted by atomic mass is 35.5. The Kier molecular flexibility index (Phi) is 4.09. The summed E-state index contributed by atoms with van der Waals surface area (Å²) in [6, 6.07) is 11.2. The van der Waals surface area contributed by atoms with Crippen LogP contribution in [-0.2, 0) is 0 Å². The third-order valence-corrected chi connectivity index (χ3v) is 4.81. The van der Waals surface area contributed by atoms with Gasteiger partial charge in [0.15, 0.2) is 11.3 Å². The van der Waals surface area contributed by atoms with Crippen molar-refractivity contribution in [2.45, 2.75) is 6.92 Å². The molecule has 0 saturated carbocycles. The highest BCUT2D eigenvalue weighted by Gasteiger charge is 2.25. The van der Waals surface area contributed by atoms with Crippen LogP contribution in [0.25, 0.3) is 11.1 Å². The number of aryl methyl sites for hydroxylation is 1. The number of carbonyl (C=O) groups is 1. The molecule has 1 saturated heterocycles. The van der Waals surface area contributed by atoms with Gasteiger partial charge in [-0.15, -0.1) is 0 Å². The zero-order valence-electron chi connectivity index (χ0n) is 13.9. The number of furan rings is 1. The number of halogens is 1. The lowest BCUT2D eigenvalue weighted by molar-refractivity contribution is 0.0717. The normalized spacial score (nSPS) is 15.0. The lowest BCUT2D eigenvalue weighted by Crippen LogP contribution is -2.48. The maximum absolute atomic E-state index is 12.7. The highest BCUT2D eigenvalue weighted by Crippen LogP contribution is 2.26. The lowest BCUT2D eigenvalue weighted by Gasteiger charge is -2.36. The predicted molar refractivity (Wildman–Crippen MR) is 98.3 cm³/mol. The minimum Gasteiger partial charge on any atom is -0.449 e. The molecular formula is C19H18ClN3O2. The van der Waals surface area contributed by atoms with Crippen LogP contribution in [0.1, 0.15) is 16.1 Å². The first-order chi connectivity index (χ1) is 12.1. The summed E-state index contributed by atoms with van der Waals surface area (Å²) in [7, 11) is 0. The largest absolute Gasteiger partial charge is 0.449 e. The van der Waals surface area contributed by atoms with Crippen LogP contribution < -0.4 is 4.90 Å². The van der Waals surface area contributed by atoms with E-state index in [-0.39, 0.29) is 5.91 Å². The Morgan fingerprint density at radius 2 is 1.96 bits per heavy atom. The van der Waals surface area contributed by atoms with Crippen molar-refractivity contribution in [1.29, 1.82) is 0 Å². The molecule has 3 aromatic rings. The molecule has 1 aromatic carbocycles. The first kappa shape index (κ1) is 16.0. The summed E-state index contributed by atoms with van der Waals surface area (Å²) >= 11 is 6.12. The Morgan fingerprint density at radius 1 is 1.16 bits per heavy atom. The smallest absolute Gasteiger partial charge is 0.289 e. The number of piperazine rings is 1. The van der Waals surface area contributed by atoms with E-state index < -0.39 is 0 Å². The van der Waals surface area contributed by atoms with Gasteiger partial charge in [-0.25, -0.2) is 0 Å². The van der Waals surface area contributed by atoms with Crippen molar-refractivity contribution in [3.8, 4) is 0 Å². The molecule has 0 spiro atoms. The molecule has 1 fully saturated rings. The van der Waals surface area contributed by atoms with E-state index in [2.05, 4.69) is 16.8 Å². The van der Waals surface area contributed by atoms with Crippen molar-refractivity contribution in [1.82, 2.24) is 9.88 Å². The van der Waals surface area contributed by atoms with Crippen molar-refractivity contribution in [2.24, 2.45) is 0 Å². The van der Waals surface area contributed by atoms with E-state index in [1.54, 1.807) is 18.3 Å². The molecule has 1 aliphatic heterocycles. The number of hydrogen-bond acceptors (Lipinski definition) is 4. The molecule has 3 heterocycles. The quantitative estimate of drug-likeness (QED) is 0.702. The minimum atomic E-state index is -0.0829. The second kappa shape index (κ2) is 6.41. The lowest BCUT2D eigenvalue weighted by atomic mass is 10.1. The van der Waals surface area contributed by atoms with Gasteiger partial charge in [0.05, 0.1) is 0 Å². The standard InChI is InChI=1S/C19H18ClN3O2/c1-13-4-5-14(20)11-16(13)22-7-9-23(10-8-22)19(24)18-12-15-17(25-18)3-2-6-21-15/h2-6,11-12H,7-10H2,1H3. The van der Waals surface area contributed by atoms with Crippen molar-refractivity contribution in [3.63, 3.8) is 0 Å². The second-order valence-electron chi connectivity index (χ2n) is 6.21. The number of rotatable bonds is 2. The van der Waals surface area contributed by atoms with Gasteiger partial charge in [0, 0.05) is 49.2 Å². The molecule has 6 heteroatoms. The number of pyridine rings is 1. The van der Waals surface area contributed by atoms with Gasteiger partial charge >= 0.3 is 0 Å². The molecule has 0 unspecified atom stereocenters. The minimum absolute atomic E-state index is 0.0829. The highest BCUT2D eigenvalue weighted by molar-refractivity contribution is 6.30. The molecule has 25 heavy (non-hydrogen) atoms. The number of anilines is 1. The predicted octanol–water partition coefficient (Wildman–Crippen LogP) is 3.75. The molecule has 1 amide bonds. The molecule has 0 bridgehead atoms. The van der Waals surface area contributed by atoms with Gasteiger partial charge in [0.25, 0.3) is 5.91 Å². The van der Waals surface area contributed by atoms with E-state index in [1.165, 1.54) is 5.56 Å². The third-order valence-electron chi connectivity index (χ3n) is 4.58. The van der Waals surface area contributed by atoms with E-state index >= 15 is 0 Å². The van der Waals surface area contributed by atoms with Crippen LogP contribution in [0.15, 0.2) is 47.0 Å². The third kappa shape index (κ3) is 3.07. The summed E-state index contributed by atoms with van der Waals surface area (Å²) < 4.78 is 5.64. The number of benzene rings is 1. The van der Waals surface area contributed by atoms with Gasteiger partial charge in [-0.1, -0.05) is 17.7 Å². The number of nitrogens with zero attached hydrogens (tertiary/aromatic N) is 3. The Balaban J connectivity index is 1.47. The molecule has 0 N–H and O–H groups in total. The average Bonchev–Trinajstić information content (AvgIpc) is 3.07. The zero-order valence-corrected chi connectivity index (χ0v) is 14.7. The summed E-state index contributed by atoms with van der Waals surface area (Å²) in [5.74, 6) is 0.265. The summed E-state index contributed by atoms with van der Waals surface area (Å²) in [5, 5.41) is 0.730. The van der Waals surface area contributed by atoms with Crippen molar-refractivity contribution in [2.75, 3.05) is 31.1 Å². The fraction of sp³-hybridized carbons (Fsp3) is 0.263. The average molecular weight is 356 g/mol. The van der Waals surface area contributed by atoms with Crippen LogP contribution in [0.3, 0.4) is 0 Å². The van der Waals surface area contributed by atoms with E-state index in [9.17, 15) is 4.79 Å². The first-order valence-corrected chi connectivity index (χ1v) is 8.64. The molecule has 0 aliphatic carbocycles. The maximum atomic E-state index is 12.7. The van der Waals surface area contributed by atoms with Crippen LogP contribution in [0.5, 0.6) is 0 Å². The van der Waals surface area contributed by atoms with Crippen LogP contribution >= 0.6 is 11.6 Å². The van der Waals surface area contributed by atoms with Gasteiger partial charge in [0.1, 0.15) is 5.52 Å². The van der Waals surface area contributed by atoms with E-state index in [0.29, 0.717) is 29.9 Å². The molecular weight excluding hydrogens is 338 g/mol. The number of hydrogen-bond donors (Lipinski definition) is 0. The monoisotopic (exact) mass is 355 g/mol. The van der Waals surface area contributed by atoms with Gasteiger partial charge in [-0.05, 0) is 36.8 Å². The van der Waals surface area contributed by atoms with Crippen LogP contribution in [-0.4, -0.2) is 42.0 Å². The first-order valence-electron chi connectivity index (χ1n) is 8.27. The van der Waals surface area contributed by atoms with E-state index in [4.69, 9.17) is 16.0 Å². The molecule has 0 atom stereocenters. The Bertz CT molecular complexity index is 896. The zero-order chi connectivity index (χ0) is 17.4. The van der Waals surface area contributed by atoms with E-state index in [0.717, 1.165) is 23.8 Å². The van der Waals surface area contributed by atoms with Crippen molar-refractivity contribution < 1.29 is 9.21 Å². The molecule has 1 aliphatic rings. The summed E-state index contributed by atoms with van der Waals surface area (Å²) in [5.41, 5.74) is 3.66. The number of amides is 1. The Labute approximate surface area is 150 Å². The summed E-state index contributed by atoms with van der Waals surface area (Å²) in [6.07, 6.45) is 1.69. The molecule has 0 radical (unpaired) electrons. The molecule has 5 nitrogen and oxygen atoms in total. The van der Waals surface area contributed by atoms with Crippen LogP contribution in [0.2, 0.25) is 5.02 Å². The SMILES string of the molecule is Cc1ccc(Cl)cc1N1CCN(C(=O)c2cc3ncccc3o2)CC1. The number of carbonyl (C=O) groups excluding carboxylic acids is 1. The topological polar surface area (TPSA) is 49.6 Å². The van der Waals surface area contributed by atoms with Gasteiger partial charge in [-0.3, -0.25) is 9.78 Å². The number of fused-ring (bicyclic) bond motifs is 1. The van der Waals surface area contributed by atoms with Gasteiger partial charge < -0.3 is 14.2 Å². The summed E-state index contributed by atoms with van der Waals surface area (Å²) in [4.78, 5) is 21.0. The molecule has 2 aromatic heterocycles. The maximum Gasteiger partial charge on any atom is 0.289 e. The number of aromatic nitrogens is 1. The van der Waals surface area contributed by atoms with Crippen LogP contribution in [0.4, 0.5) is 5.69 Å². The van der Waals surface area contributed by atoms with E-state index in [1.807, 2.05) is 29.2 Å². The fourth-order valence-electron chi connectivity index (χ4n) is 3.20. The Hall–Kier alpha value is -2.53. The fourth-order valence-corrected chi connectivity index (χ4v) is 3.37. The molecule has 4 rings (SSSR count). The second-order valence-corrected chi connectivity index (χ2v) is 6.64.